The van der Waals surface area contributed by atoms with Crippen molar-refractivity contribution in [2.24, 2.45) is 0 Å². The first-order valence-electron chi connectivity index (χ1n) is 13.6. The zero-order valence-electron chi connectivity index (χ0n) is 23.9. The van der Waals surface area contributed by atoms with Gasteiger partial charge in [0.25, 0.3) is 0 Å². The second-order valence-electron chi connectivity index (χ2n) is 10.7. The molecule has 0 aliphatic rings. The summed E-state index contributed by atoms with van der Waals surface area (Å²) in [6.45, 7) is 3.71. The minimum Gasteiger partial charge on any atom is -0.593 e. The highest BCUT2D eigenvalue weighted by molar-refractivity contribution is 7.89. The Hall–Kier alpha value is -4.05. The number of carbonyl (C=O) groups is 1. The predicted molar refractivity (Wildman–Crippen MR) is 160 cm³/mol. The number of benzene rings is 4. The van der Waals surface area contributed by atoms with Crippen molar-refractivity contribution in [2.45, 2.75) is 43.4 Å². The summed E-state index contributed by atoms with van der Waals surface area (Å²) in [5.74, 6) is -1.37. The van der Waals surface area contributed by atoms with Crippen molar-refractivity contribution in [1.29, 1.82) is 0 Å². The molecule has 0 N–H and O–H groups in total. The van der Waals surface area contributed by atoms with Gasteiger partial charge in [-0.15, -0.1) is 4.31 Å². The van der Waals surface area contributed by atoms with Crippen LogP contribution in [0.25, 0.3) is 21.9 Å². The van der Waals surface area contributed by atoms with Gasteiger partial charge in [-0.1, -0.05) is 78.9 Å². The minimum absolute atomic E-state index is 0.0579. The van der Waals surface area contributed by atoms with Crippen LogP contribution in [0.2, 0.25) is 0 Å². The third-order valence-electron chi connectivity index (χ3n) is 7.37. The van der Waals surface area contributed by atoms with Gasteiger partial charge in [-0.3, -0.25) is 4.79 Å². The number of hydrogen-bond donors (Lipinski definition) is 0. The van der Waals surface area contributed by atoms with Crippen LogP contribution in [0.1, 0.15) is 36.5 Å². The molecule has 1 atom stereocenters. The Labute approximate surface area is 251 Å². The van der Waals surface area contributed by atoms with E-state index in [1.807, 2.05) is 98.8 Å². The average molecular weight is 606 g/mol. The molecular formula is C34H30F3NO4S. The minimum atomic E-state index is -4.61. The molecule has 9 heteroatoms. The lowest BCUT2D eigenvalue weighted by molar-refractivity contribution is -0.153. The fraction of sp³-hybridized carbons (Fsp3) is 0.206. The maximum atomic E-state index is 14.0. The first kappa shape index (κ1) is 30.4. The third kappa shape index (κ3) is 6.64. The molecule has 0 fully saturated rings. The van der Waals surface area contributed by atoms with Gasteiger partial charge in [-0.2, -0.15) is 13.2 Å². The normalized spacial score (nSPS) is 12.9. The zero-order valence-corrected chi connectivity index (χ0v) is 24.7. The summed E-state index contributed by atoms with van der Waals surface area (Å²) in [5.41, 5.74) is 2.62. The van der Waals surface area contributed by atoms with Crippen LogP contribution in [-0.2, 0) is 45.6 Å². The van der Waals surface area contributed by atoms with Gasteiger partial charge < -0.3 is 13.7 Å². The number of carbonyl (C=O) groups excluding carboxylic acids is 1. The summed E-state index contributed by atoms with van der Waals surface area (Å²) in [7, 11) is 1.37. The second kappa shape index (κ2) is 12.3. The summed E-state index contributed by atoms with van der Waals surface area (Å²) in [6, 6.07) is 30.5. The van der Waals surface area contributed by atoms with Crippen LogP contribution in [0.3, 0.4) is 0 Å². The molecule has 1 heterocycles. The number of halogens is 3. The van der Waals surface area contributed by atoms with Crippen LogP contribution in [0.15, 0.2) is 112 Å². The monoisotopic (exact) mass is 605 g/mol. The van der Waals surface area contributed by atoms with E-state index in [1.165, 1.54) is 13.2 Å². The van der Waals surface area contributed by atoms with Crippen molar-refractivity contribution in [1.82, 2.24) is 4.31 Å². The summed E-state index contributed by atoms with van der Waals surface area (Å²) >= 11 is -1.72. The third-order valence-corrected chi connectivity index (χ3v) is 8.83. The number of rotatable bonds is 9. The fourth-order valence-electron chi connectivity index (χ4n) is 4.92. The van der Waals surface area contributed by atoms with Gasteiger partial charge in [-0.05, 0) is 65.8 Å². The molecule has 0 bridgehead atoms. The molecule has 43 heavy (non-hydrogen) atoms. The Bertz CT molecular complexity index is 1720. The summed E-state index contributed by atoms with van der Waals surface area (Å²) < 4.78 is 65.3. The molecule has 0 aliphatic heterocycles. The smallest absolute Gasteiger partial charge is 0.449 e. The van der Waals surface area contributed by atoms with Crippen molar-refractivity contribution in [3.05, 3.63) is 126 Å². The number of methoxy groups -OCH3 is 1. The maximum Gasteiger partial charge on any atom is 0.449 e. The van der Waals surface area contributed by atoms with E-state index in [9.17, 15) is 22.5 Å². The molecule has 0 saturated carbocycles. The highest BCUT2D eigenvalue weighted by Crippen LogP contribution is 2.33. The zero-order chi connectivity index (χ0) is 30.8. The van der Waals surface area contributed by atoms with E-state index in [2.05, 4.69) is 0 Å². The van der Waals surface area contributed by atoms with Gasteiger partial charge in [0.1, 0.15) is 12.3 Å². The largest absolute Gasteiger partial charge is 0.593 e. The van der Waals surface area contributed by atoms with Crippen molar-refractivity contribution >= 4 is 28.1 Å². The number of esters is 1. The summed E-state index contributed by atoms with van der Waals surface area (Å²) in [5, 5.41) is 1.71. The Morgan fingerprint density at radius 1 is 0.860 bits per heavy atom. The van der Waals surface area contributed by atoms with Gasteiger partial charge in [-0.25, -0.2) is 0 Å². The Balaban J connectivity index is 1.44. The first-order valence-corrected chi connectivity index (χ1v) is 14.7. The van der Waals surface area contributed by atoms with E-state index in [0.29, 0.717) is 4.90 Å². The van der Waals surface area contributed by atoms with Crippen LogP contribution < -0.4 is 0 Å². The van der Waals surface area contributed by atoms with Crippen LogP contribution in [0, 0.1) is 0 Å². The molecule has 4 aromatic carbocycles. The topological polar surface area (TPSA) is 65.7 Å². The van der Waals surface area contributed by atoms with Crippen molar-refractivity contribution in [2.75, 3.05) is 7.11 Å². The molecule has 5 aromatic rings. The van der Waals surface area contributed by atoms with Crippen LogP contribution >= 0.6 is 0 Å². The quantitative estimate of drug-likeness (QED) is 0.125. The molecule has 1 unspecified atom stereocenters. The maximum absolute atomic E-state index is 14.0. The van der Waals surface area contributed by atoms with Crippen molar-refractivity contribution in [3.63, 3.8) is 0 Å². The molecular weight excluding hydrogens is 575 g/mol. The van der Waals surface area contributed by atoms with E-state index >= 15 is 0 Å². The molecule has 0 radical (unpaired) electrons. The second-order valence-corrected chi connectivity index (χ2v) is 12.1. The highest BCUT2D eigenvalue weighted by Gasteiger charge is 2.36. The lowest BCUT2D eigenvalue weighted by atomic mass is 9.83. The number of alkyl halides is 3. The van der Waals surface area contributed by atoms with Crippen molar-refractivity contribution in [3.8, 4) is 11.1 Å². The molecule has 0 saturated heterocycles. The predicted octanol–water partition coefficient (Wildman–Crippen LogP) is 8.29. The number of fused-ring (bicyclic) bond motifs is 1. The lowest BCUT2D eigenvalue weighted by Crippen LogP contribution is -2.30. The van der Waals surface area contributed by atoms with E-state index in [4.69, 9.17) is 9.15 Å². The molecule has 0 spiro atoms. The summed E-state index contributed by atoms with van der Waals surface area (Å²) in [6.07, 6.45) is -4.61. The highest BCUT2D eigenvalue weighted by atomic mass is 32.2. The molecule has 0 aliphatic carbocycles. The van der Waals surface area contributed by atoms with E-state index in [-0.39, 0.29) is 24.8 Å². The first-order chi connectivity index (χ1) is 20.5. The number of nitrogens with zero attached hydrogens (tertiary/aromatic N) is 1. The van der Waals surface area contributed by atoms with Crippen LogP contribution in [-0.4, -0.2) is 21.9 Å². The molecule has 222 valence electrons. The van der Waals surface area contributed by atoms with Gasteiger partial charge in [0, 0.05) is 5.39 Å². The molecule has 0 amide bonds. The molecule has 1 aromatic heterocycles. The number of hydrogen-bond acceptors (Lipinski definition) is 5. The van der Waals surface area contributed by atoms with Gasteiger partial charge in [0.2, 0.25) is 5.76 Å². The Morgan fingerprint density at radius 2 is 1.56 bits per heavy atom. The van der Waals surface area contributed by atoms with E-state index < -0.39 is 28.7 Å². The Morgan fingerprint density at radius 3 is 2.26 bits per heavy atom. The van der Waals surface area contributed by atoms with Crippen LogP contribution in [0.4, 0.5) is 13.2 Å². The Kier molecular flexibility index (Phi) is 8.69. The summed E-state index contributed by atoms with van der Waals surface area (Å²) in [4.78, 5) is 12.9. The van der Waals surface area contributed by atoms with Gasteiger partial charge in [0.05, 0.1) is 30.4 Å². The van der Waals surface area contributed by atoms with E-state index in [0.717, 1.165) is 39.1 Å². The molecule has 5 rings (SSSR count). The van der Waals surface area contributed by atoms with Gasteiger partial charge >= 0.3 is 12.1 Å². The average Bonchev–Trinajstić information content (AvgIpc) is 3.49. The number of ether oxygens (including phenoxy) is 1. The van der Waals surface area contributed by atoms with Crippen molar-refractivity contribution < 1.29 is 31.7 Å². The molecule has 5 nitrogen and oxygen atoms in total. The standard InChI is InChI=1S/C34H30F3NO4S/c1-33(2,32(39)41-3)27-11-6-10-26(20-27)24-16-14-23(15-17-24)21-38(22-28-18-19-31(42-28)34(35,36)37)43(40)30-13-7-9-25-8-4-5-12-29(25)30/h4-20H,21-22H2,1-3H3. The van der Waals surface area contributed by atoms with E-state index in [1.54, 1.807) is 10.4 Å². The fourth-order valence-corrected chi connectivity index (χ4v) is 6.27. The van der Waals surface area contributed by atoms with Gasteiger partial charge in [0.15, 0.2) is 4.90 Å². The SMILES string of the molecule is COC(=O)C(C)(C)c1cccc(-c2ccc(CN(Cc3ccc(C(F)(F)F)o3)[S+]([O-])c3cccc4ccccc34)cc2)c1. The lowest BCUT2D eigenvalue weighted by Gasteiger charge is -2.24. The number of furan rings is 1. The van der Waals surface area contributed by atoms with Crippen LogP contribution in [0.5, 0.6) is 0 Å².